The minimum Gasteiger partial charge on any atom is -0.362 e. The van der Waals surface area contributed by atoms with E-state index in [2.05, 4.69) is 15.4 Å². The predicted octanol–water partition coefficient (Wildman–Crippen LogP) is 3.03. The lowest BCUT2D eigenvalue weighted by Gasteiger charge is -2.44. The second-order valence-electron chi connectivity index (χ2n) is 5.66. The molecule has 7 heteroatoms. The van der Waals surface area contributed by atoms with Crippen molar-refractivity contribution in [2.24, 2.45) is 5.92 Å². The van der Waals surface area contributed by atoms with Crippen LogP contribution in [0.1, 0.15) is 12.8 Å². The summed E-state index contributed by atoms with van der Waals surface area (Å²) in [5.74, 6) is -0.755. The molecular formula is C14H16ClF2N3O. The number of piperidine rings is 3. The molecule has 2 aromatic rings. The zero-order valence-corrected chi connectivity index (χ0v) is 12.1. The standard InChI is InChI=1S/C14H15F2N3O.ClH/c15-10-2-1-9-13(12(10)16)20-18-14(9)17-11-7-19-5-3-8(11)4-6-19;/h1-2,8,11H,3-7H2,(H,17,18);1H. The van der Waals surface area contributed by atoms with E-state index in [1.165, 1.54) is 18.9 Å². The third-order valence-electron chi connectivity index (χ3n) is 4.51. The molecule has 0 saturated carbocycles. The molecule has 5 rings (SSSR count). The minimum absolute atomic E-state index is 0. The SMILES string of the molecule is Cl.Fc1ccc2c(NC3CN4CCC3CC4)noc2c1F. The average molecular weight is 316 g/mol. The van der Waals surface area contributed by atoms with Crippen LogP contribution >= 0.6 is 12.4 Å². The van der Waals surface area contributed by atoms with E-state index in [1.807, 2.05) is 0 Å². The lowest BCUT2D eigenvalue weighted by atomic mass is 9.84. The van der Waals surface area contributed by atoms with Crippen LogP contribution in [0.3, 0.4) is 0 Å². The van der Waals surface area contributed by atoms with E-state index < -0.39 is 11.6 Å². The Morgan fingerprint density at radius 2 is 2.00 bits per heavy atom. The maximum absolute atomic E-state index is 13.6. The number of aromatic nitrogens is 1. The normalized spacial score (nSPS) is 27.6. The van der Waals surface area contributed by atoms with Gasteiger partial charge in [-0.25, -0.2) is 4.39 Å². The summed E-state index contributed by atoms with van der Waals surface area (Å²) >= 11 is 0. The van der Waals surface area contributed by atoms with Crippen LogP contribution in [0, 0.1) is 17.6 Å². The third-order valence-corrected chi connectivity index (χ3v) is 4.51. The van der Waals surface area contributed by atoms with E-state index in [0.717, 1.165) is 25.7 Å². The first-order valence-corrected chi connectivity index (χ1v) is 6.94. The van der Waals surface area contributed by atoms with E-state index >= 15 is 0 Å². The smallest absolute Gasteiger partial charge is 0.207 e. The molecule has 0 amide bonds. The molecule has 2 bridgehead atoms. The molecular weight excluding hydrogens is 300 g/mol. The second-order valence-corrected chi connectivity index (χ2v) is 5.66. The summed E-state index contributed by atoms with van der Waals surface area (Å²) in [6.07, 6.45) is 2.35. The van der Waals surface area contributed by atoms with E-state index in [-0.39, 0.29) is 18.0 Å². The summed E-state index contributed by atoms with van der Waals surface area (Å²) in [7, 11) is 0. The highest BCUT2D eigenvalue weighted by Gasteiger charge is 2.34. The van der Waals surface area contributed by atoms with Gasteiger partial charge in [0.15, 0.2) is 11.6 Å². The minimum atomic E-state index is -0.975. The number of hydrogen-bond acceptors (Lipinski definition) is 4. The van der Waals surface area contributed by atoms with Crippen LogP contribution in [-0.4, -0.2) is 35.7 Å². The van der Waals surface area contributed by atoms with Gasteiger partial charge in [0.2, 0.25) is 11.4 Å². The first kappa shape index (κ1) is 14.5. The average Bonchev–Trinajstić information content (AvgIpc) is 2.88. The Morgan fingerprint density at radius 3 is 2.67 bits per heavy atom. The topological polar surface area (TPSA) is 41.3 Å². The Kier molecular flexibility index (Phi) is 3.75. The maximum Gasteiger partial charge on any atom is 0.207 e. The number of anilines is 1. The quantitative estimate of drug-likeness (QED) is 0.925. The highest BCUT2D eigenvalue weighted by Crippen LogP contribution is 2.32. The predicted molar refractivity (Wildman–Crippen MR) is 77.7 cm³/mol. The van der Waals surface area contributed by atoms with Gasteiger partial charge in [0.05, 0.1) is 5.39 Å². The Hall–Kier alpha value is -1.40. The number of rotatable bonds is 2. The van der Waals surface area contributed by atoms with Crippen molar-refractivity contribution in [1.29, 1.82) is 0 Å². The van der Waals surface area contributed by atoms with Gasteiger partial charge in [-0.1, -0.05) is 5.16 Å². The van der Waals surface area contributed by atoms with Gasteiger partial charge in [-0.15, -0.1) is 12.4 Å². The highest BCUT2D eigenvalue weighted by molar-refractivity contribution is 5.88. The molecule has 3 saturated heterocycles. The van der Waals surface area contributed by atoms with Crippen molar-refractivity contribution in [1.82, 2.24) is 10.1 Å². The summed E-state index contributed by atoms with van der Waals surface area (Å²) in [5.41, 5.74) is -0.117. The van der Waals surface area contributed by atoms with Crippen LogP contribution in [0.4, 0.5) is 14.6 Å². The second kappa shape index (κ2) is 5.42. The molecule has 114 valence electrons. The largest absolute Gasteiger partial charge is 0.362 e. The van der Waals surface area contributed by atoms with Gasteiger partial charge in [-0.05, 0) is 44.0 Å². The first-order valence-electron chi connectivity index (χ1n) is 6.94. The molecule has 1 aromatic heterocycles. The fourth-order valence-corrected chi connectivity index (χ4v) is 3.36. The fraction of sp³-hybridized carbons (Fsp3) is 0.500. The molecule has 3 fully saturated rings. The lowest BCUT2D eigenvalue weighted by Crippen LogP contribution is -2.53. The van der Waals surface area contributed by atoms with Crippen molar-refractivity contribution in [3.8, 4) is 0 Å². The van der Waals surface area contributed by atoms with Gasteiger partial charge >= 0.3 is 0 Å². The van der Waals surface area contributed by atoms with Crippen molar-refractivity contribution in [3.63, 3.8) is 0 Å². The zero-order valence-electron chi connectivity index (χ0n) is 11.3. The summed E-state index contributed by atoms with van der Waals surface area (Å²) in [6, 6.07) is 2.92. The Balaban J connectivity index is 0.00000132. The van der Waals surface area contributed by atoms with Crippen molar-refractivity contribution in [2.75, 3.05) is 25.0 Å². The molecule has 21 heavy (non-hydrogen) atoms. The summed E-state index contributed by atoms with van der Waals surface area (Å²) in [6.45, 7) is 3.28. The van der Waals surface area contributed by atoms with Crippen molar-refractivity contribution < 1.29 is 13.3 Å². The molecule has 4 heterocycles. The number of fused-ring (bicyclic) bond motifs is 4. The summed E-state index contributed by atoms with van der Waals surface area (Å²) < 4.78 is 31.7. The molecule has 1 atom stereocenters. The highest BCUT2D eigenvalue weighted by atomic mass is 35.5. The number of hydrogen-bond donors (Lipinski definition) is 1. The van der Waals surface area contributed by atoms with Crippen molar-refractivity contribution in [3.05, 3.63) is 23.8 Å². The van der Waals surface area contributed by atoms with Crippen LogP contribution in [0.5, 0.6) is 0 Å². The molecule has 1 unspecified atom stereocenters. The molecule has 3 aliphatic heterocycles. The van der Waals surface area contributed by atoms with Gasteiger partial charge in [-0.3, -0.25) is 0 Å². The van der Waals surface area contributed by atoms with Gasteiger partial charge in [-0.2, -0.15) is 4.39 Å². The van der Waals surface area contributed by atoms with Crippen LogP contribution in [-0.2, 0) is 0 Å². The zero-order chi connectivity index (χ0) is 13.7. The van der Waals surface area contributed by atoms with Crippen LogP contribution < -0.4 is 5.32 Å². The Morgan fingerprint density at radius 1 is 1.24 bits per heavy atom. The summed E-state index contributed by atoms with van der Waals surface area (Å²) in [4.78, 5) is 2.42. The number of benzene rings is 1. The lowest BCUT2D eigenvalue weighted by molar-refractivity contribution is 0.0973. The van der Waals surface area contributed by atoms with E-state index in [4.69, 9.17) is 4.52 Å². The molecule has 3 aliphatic rings. The molecule has 1 N–H and O–H groups in total. The number of nitrogens with one attached hydrogen (secondary N) is 1. The van der Waals surface area contributed by atoms with Gasteiger partial charge < -0.3 is 14.7 Å². The van der Waals surface area contributed by atoms with Gasteiger partial charge in [0.1, 0.15) is 0 Å². The molecule has 1 aromatic carbocycles. The molecule has 0 aliphatic carbocycles. The molecule has 4 nitrogen and oxygen atoms in total. The van der Waals surface area contributed by atoms with E-state index in [1.54, 1.807) is 0 Å². The monoisotopic (exact) mass is 315 g/mol. The Labute approximate surface area is 126 Å². The number of nitrogens with zero attached hydrogens (tertiary/aromatic N) is 2. The van der Waals surface area contributed by atoms with Crippen LogP contribution in [0.2, 0.25) is 0 Å². The third kappa shape index (κ3) is 2.36. The van der Waals surface area contributed by atoms with Crippen molar-refractivity contribution >= 4 is 29.2 Å². The summed E-state index contributed by atoms with van der Waals surface area (Å²) in [5, 5.41) is 7.71. The first-order chi connectivity index (χ1) is 9.72. The maximum atomic E-state index is 13.6. The molecule has 0 spiro atoms. The van der Waals surface area contributed by atoms with E-state index in [0.29, 0.717) is 23.2 Å². The van der Waals surface area contributed by atoms with Gasteiger partial charge in [0.25, 0.3) is 0 Å². The van der Waals surface area contributed by atoms with Crippen LogP contribution in [0.25, 0.3) is 11.0 Å². The number of halogens is 3. The molecule has 0 radical (unpaired) electrons. The van der Waals surface area contributed by atoms with Crippen molar-refractivity contribution in [2.45, 2.75) is 18.9 Å². The van der Waals surface area contributed by atoms with Crippen LogP contribution in [0.15, 0.2) is 16.7 Å². The Bertz CT molecular complexity index is 655. The van der Waals surface area contributed by atoms with Gasteiger partial charge in [0, 0.05) is 12.6 Å². The fourth-order valence-electron chi connectivity index (χ4n) is 3.36. The van der Waals surface area contributed by atoms with E-state index in [9.17, 15) is 8.78 Å².